The fourth-order valence-corrected chi connectivity index (χ4v) is 3.86. The molecular weight excluding hydrogens is 410 g/mol. The number of fused-ring (bicyclic) bond motifs is 1. The molecule has 0 saturated heterocycles. The van der Waals surface area contributed by atoms with E-state index in [1.54, 1.807) is 0 Å². The highest BCUT2D eigenvalue weighted by Crippen LogP contribution is 2.57. The Balaban J connectivity index is 1.83. The van der Waals surface area contributed by atoms with Crippen molar-refractivity contribution in [3.05, 3.63) is 12.1 Å². The summed E-state index contributed by atoms with van der Waals surface area (Å²) in [6.07, 6.45) is 1.18. The molecule has 0 radical (unpaired) electrons. The number of nitrogens with one attached hydrogen (secondary N) is 1. The summed E-state index contributed by atoms with van der Waals surface area (Å²) in [4.78, 5) is 27.2. The van der Waals surface area contributed by atoms with Gasteiger partial charge < -0.3 is 35.5 Å². The number of phosphoric acid groups is 1. The van der Waals surface area contributed by atoms with Crippen LogP contribution in [0.15, 0.2) is 10.7 Å². The van der Waals surface area contributed by atoms with E-state index in [4.69, 9.17) is 15.0 Å². The van der Waals surface area contributed by atoms with Gasteiger partial charge >= 0.3 is 15.6 Å². The van der Waals surface area contributed by atoms with Gasteiger partial charge in [0.2, 0.25) is 17.4 Å². The summed E-state index contributed by atoms with van der Waals surface area (Å²) < 4.78 is 35.9. The van der Waals surface area contributed by atoms with E-state index in [9.17, 15) is 24.2 Å². The van der Waals surface area contributed by atoms with Crippen LogP contribution in [0.1, 0.15) is 5.76 Å². The highest BCUT2D eigenvalue weighted by atomic mass is 31.3. The van der Waals surface area contributed by atoms with Gasteiger partial charge in [-0.1, -0.05) is 0 Å². The van der Waals surface area contributed by atoms with Crippen molar-refractivity contribution >= 4 is 38.8 Å². The van der Waals surface area contributed by atoms with Gasteiger partial charge in [-0.15, -0.1) is 0 Å². The van der Waals surface area contributed by atoms with Crippen LogP contribution in [0.3, 0.4) is 0 Å². The minimum atomic E-state index is -5.04. The summed E-state index contributed by atoms with van der Waals surface area (Å²) in [6.45, 7) is -0.839. The van der Waals surface area contributed by atoms with Gasteiger partial charge in [0, 0.05) is 0 Å². The predicted molar refractivity (Wildman–Crippen MR) is 88.8 cm³/mol. The van der Waals surface area contributed by atoms with E-state index in [1.807, 2.05) is 0 Å². The maximum atomic E-state index is 11.5. The predicted octanol–water partition coefficient (Wildman–Crippen LogP) is 0.277. The first-order valence-electron chi connectivity index (χ1n) is 6.94. The third-order valence-electron chi connectivity index (χ3n) is 3.26. The molecule has 0 aliphatic carbocycles. The van der Waals surface area contributed by atoms with Crippen LogP contribution in [0.4, 0.5) is 23.2 Å². The molecule has 0 spiro atoms. The van der Waals surface area contributed by atoms with Crippen LogP contribution in [0.5, 0.6) is 11.5 Å². The molecule has 27 heavy (non-hydrogen) atoms. The number of anilines is 4. The molecule has 0 aromatic carbocycles. The zero-order chi connectivity index (χ0) is 20.0. The van der Waals surface area contributed by atoms with Crippen LogP contribution in [0.2, 0.25) is 0 Å². The summed E-state index contributed by atoms with van der Waals surface area (Å²) in [6, 6.07) is 0. The lowest BCUT2D eigenvalue weighted by Crippen LogP contribution is -2.16. The van der Waals surface area contributed by atoms with E-state index < -0.39 is 39.4 Å². The van der Waals surface area contributed by atoms with Crippen LogP contribution in [-0.2, 0) is 24.6 Å². The van der Waals surface area contributed by atoms with Gasteiger partial charge in [-0.2, -0.15) is 4.31 Å². The number of hydrogen-bond donors (Lipinski definition) is 7. The Morgan fingerprint density at radius 2 is 2.00 bits per heavy atom. The van der Waals surface area contributed by atoms with Gasteiger partial charge in [-0.25, -0.2) is 24.6 Å². The van der Waals surface area contributed by atoms with Crippen molar-refractivity contribution < 1.29 is 42.4 Å². The molecule has 17 heteroatoms. The Labute approximate surface area is 150 Å². The first-order valence-corrected chi connectivity index (χ1v) is 10.1. The van der Waals surface area contributed by atoms with Crippen LogP contribution in [-0.4, -0.2) is 36.6 Å². The Morgan fingerprint density at radius 3 is 2.67 bits per heavy atom. The molecule has 1 aliphatic rings. The van der Waals surface area contributed by atoms with E-state index in [0.29, 0.717) is 5.69 Å². The zero-order valence-corrected chi connectivity index (χ0v) is 15.0. The normalized spacial score (nSPS) is 17.8. The largest absolute Gasteiger partial charge is 0.502 e. The molecule has 0 saturated carbocycles. The van der Waals surface area contributed by atoms with E-state index >= 15 is 0 Å². The van der Waals surface area contributed by atoms with E-state index in [0.717, 1.165) is 0 Å². The van der Waals surface area contributed by atoms with Crippen molar-refractivity contribution in [1.82, 2.24) is 9.97 Å². The number of nitrogen functional groups attached to an aromatic ring is 1. The van der Waals surface area contributed by atoms with Gasteiger partial charge in [0.1, 0.15) is 18.6 Å². The molecule has 2 atom stereocenters. The number of rotatable bonds is 6. The highest BCUT2D eigenvalue weighted by molar-refractivity contribution is 7.62. The standard InChI is InChI=1S/C10H14N6O9P2/c11-8-5-9(14-2-13-8)16(3-15-5)10-7(18)6(17)4(24-10)1-23-27(21,22)25-26(12,19)20/h2,15,17-18H,1,3H2,(H,21,22)(H2,11,13,14)(H3,12,19,20). The van der Waals surface area contributed by atoms with Crippen LogP contribution in [0.25, 0.3) is 0 Å². The molecule has 9 N–H and O–H groups in total. The number of nitrogens with zero attached hydrogens (tertiary/aromatic N) is 3. The van der Waals surface area contributed by atoms with Crippen molar-refractivity contribution in [2.75, 3.05) is 22.6 Å². The first-order chi connectivity index (χ1) is 12.5. The molecular formula is C10H14N6O9P2. The van der Waals surface area contributed by atoms with Crippen molar-refractivity contribution in [1.29, 1.82) is 0 Å². The summed E-state index contributed by atoms with van der Waals surface area (Å²) in [5, 5.41) is 22.9. The number of phosphoric ester groups is 1. The molecule has 0 fully saturated rings. The Morgan fingerprint density at radius 1 is 1.30 bits per heavy atom. The SMILES string of the molecule is Nc1ncnc2c1NCN2c1oc(COP(=O)(O)OP(N)(=O)O)c(O)c1O. The van der Waals surface area contributed by atoms with Crippen molar-refractivity contribution in [2.45, 2.75) is 6.61 Å². The number of nitrogens with two attached hydrogens (primary N) is 2. The third-order valence-corrected chi connectivity index (χ3v) is 5.48. The first kappa shape index (κ1) is 19.4. The Kier molecular flexibility index (Phi) is 4.78. The van der Waals surface area contributed by atoms with Crippen LogP contribution >= 0.6 is 15.6 Å². The minimum Gasteiger partial charge on any atom is -0.502 e. The second-order valence-electron chi connectivity index (χ2n) is 5.14. The quantitative estimate of drug-likeness (QED) is 0.308. The van der Waals surface area contributed by atoms with Crippen molar-refractivity contribution in [3.8, 4) is 11.5 Å². The molecule has 15 nitrogen and oxygen atoms in total. The molecule has 1 aliphatic heterocycles. The second kappa shape index (κ2) is 6.65. The van der Waals surface area contributed by atoms with Gasteiger partial charge in [0.25, 0.3) is 0 Å². The lowest BCUT2D eigenvalue weighted by Gasteiger charge is -2.13. The fourth-order valence-electron chi connectivity index (χ4n) is 2.20. The zero-order valence-electron chi connectivity index (χ0n) is 13.2. The molecule has 2 aromatic heterocycles. The summed E-state index contributed by atoms with van der Waals surface area (Å²) >= 11 is 0. The van der Waals surface area contributed by atoms with Gasteiger partial charge in [0.15, 0.2) is 17.4 Å². The number of aromatic hydroxyl groups is 2. The average molecular weight is 424 g/mol. The second-order valence-corrected chi connectivity index (χ2v) is 8.11. The lowest BCUT2D eigenvalue weighted by atomic mass is 10.4. The minimum absolute atomic E-state index is 0.0571. The summed E-state index contributed by atoms with van der Waals surface area (Å²) in [5.41, 5.74) is 10.7. The molecule has 0 amide bonds. The smallest absolute Gasteiger partial charge is 0.480 e. The average Bonchev–Trinajstić information content (AvgIpc) is 3.07. The van der Waals surface area contributed by atoms with Gasteiger partial charge in [-0.05, 0) is 0 Å². The molecule has 3 heterocycles. The maximum Gasteiger partial charge on any atom is 0.480 e. The summed E-state index contributed by atoms with van der Waals surface area (Å²) in [5.74, 6) is -1.84. The Bertz CT molecular complexity index is 974. The highest BCUT2D eigenvalue weighted by Gasteiger charge is 2.34. The topological polar surface area (TPSA) is 240 Å². The third kappa shape index (κ3) is 3.99. The molecule has 148 valence electrons. The van der Waals surface area contributed by atoms with Gasteiger partial charge in [0.05, 0.1) is 6.67 Å². The van der Waals surface area contributed by atoms with Crippen molar-refractivity contribution in [2.24, 2.45) is 5.50 Å². The summed E-state index contributed by atoms with van der Waals surface area (Å²) in [7, 11) is -9.85. The molecule has 2 unspecified atom stereocenters. The molecule has 3 rings (SSSR count). The maximum absolute atomic E-state index is 11.5. The number of furan rings is 1. The van der Waals surface area contributed by atoms with Gasteiger partial charge in [-0.3, -0.25) is 9.42 Å². The number of aromatic nitrogens is 2. The molecule has 2 aromatic rings. The Hall–Kier alpha value is -2.38. The van der Waals surface area contributed by atoms with E-state index in [2.05, 4.69) is 29.6 Å². The van der Waals surface area contributed by atoms with Crippen LogP contribution in [0, 0.1) is 0 Å². The fraction of sp³-hybridized carbons (Fsp3) is 0.200. The van der Waals surface area contributed by atoms with Crippen LogP contribution < -0.4 is 21.5 Å². The number of hydrogen-bond acceptors (Lipinski definition) is 12. The van der Waals surface area contributed by atoms with E-state index in [-0.39, 0.29) is 24.2 Å². The van der Waals surface area contributed by atoms with E-state index in [1.165, 1.54) is 11.2 Å². The lowest BCUT2D eigenvalue weighted by molar-refractivity contribution is 0.173. The molecule has 0 bridgehead atoms. The van der Waals surface area contributed by atoms with Crippen molar-refractivity contribution in [3.63, 3.8) is 0 Å². The monoisotopic (exact) mass is 424 g/mol.